The minimum atomic E-state index is -3.49. The molecule has 5 atom stereocenters. The number of fused-ring (bicyclic) bond motifs is 1. The molecule has 4 heterocycles. The van der Waals surface area contributed by atoms with E-state index in [9.17, 15) is 34.1 Å². The van der Waals surface area contributed by atoms with Gasteiger partial charge in [0.1, 0.15) is 36.5 Å². The molecule has 1 aromatic carbocycles. The number of aromatic nitrogens is 6. The zero-order chi connectivity index (χ0) is 33.8. The van der Waals surface area contributed by atoms with Gasteiger partial charge < -0.3 is 39.4 Å². The Kier molecular flexibility index (Phi) is 11.0. The van der Waals surface area contributed by atoms with Gasteiger partial charge >= 0.3 is 19.6 Å². The lowest BCUT2D eigenvalue weighted by Gasteiger charge is -2.19. The Labute approximate surface area is 272 Å². The summed E-state index contributed by atoms with van der Waals surface area (Å²) in [6.45, 7) is 2.00. The Balaban J connectivity index is 1.36. The number of rotatable bonds is 14. The Bertz CT molecular complexity index is 1930. The van der Waals surface area contributed by atoms with E-state index in [4.69, 9.17) is 19.7 Å². The molecule has 5 rings (SSSR count). The first-order valence-corrected chi connectivity index (χ1v) is 17.0. The molecule has 1 fully saturated rings. The number of benzene rings is 1. The summed E-state index contributed by atoms with van der Waals surface area (Å²) in [6, 6.07) is 8.29. The van der Waals surface area contributed by atoms with E-state index in [1.165, 1.54) is 28.6 Å². The van der Waals surface area contributed by atoms with E-state index in [2.05, 4.69) is 9.97 Å². The molecule has 0 bridgehead atoms. The van der Waals surface area contributed by atoms with Crippen molar-refractivity contribution in [1.82, 2.24) is 28.2 Å². The lowest BCUT2D eigenvalue weighted by Crippen LogP contribution is -2.39. The van der Waals surface area contributed by atoms with E-state index >= 15 is 0 Å². The number of thioether (sulfide) groups is 1. The van der Waals surface area contributed by atoms with Crippen LogP contribution in [0.15, 0.2) is 56.1 Å². The third-order valence-corrected chi connectivity index (χ3v) is 9.18. The molecule has 3 aromatic heterocycles. The van der Waals surface area contributed by atoms with E-state index in [0.717, 1.165) is 26.9 Å². The maximum atomic E-state index is 13.5. The average molecular weight is 694 g/mol. The molecule has 1 aliphatic rings. The van der Waals surface area contributed by atoms with E-state index in [0.29, 0.717) is 10.9 Å². The summed E-state index contributed by atoms with van der Waals surface area (Å²) < 4.78 is 33.5. The van der Waals surface area contributed by atoms with Crippen molar-refractivity contribution in [2.75, 3.05) is 24.7 Å². The molecule has 1 saturated heterocycles. The summed E-state index contributed by atoms with van der Waals surface area (Å²) in [5.41, 5.74) is 5.13. The first-order chi connectivity index (χ1) is 22.5. The van der Waals surface area contributed by atoms with Gasteiger partial charge in [0, 0.05) is 32.1 Å². The van der Waals surface area contributed by atoms with Crippen molar-refractivity contribution in [2.45, 2.75) is 62.6 Å². The molecular formula is C28H36N7O10PS. The van der Waals surface area contributed by atoms with Gasteiger partial charge in [0.2, 0.25) is 0 Å². The number of hydrogen-bond acceptors (Lipinski definition) is 13. The van der Waals surface area contributed by atoms with Gasteiger partial charge in [-0.15, -0.1) is 0 Å². The summed E-state index contributed by atoms with van der Waals surface area (Å²) in [5, 5.41) is 20.7. The second-order valence-corrected chi connectivity index (χ2v) is 12.6. The number of nitrogens with two attached hydrogens (primary N) is 1. The largest absolute Gasteiger partial charge is 0.491 e. The molecule has 0 amide bonds. The maximum Gasteiger partial charge on any atom is 0.351 e. The second kappa shape index (κ2) is 15.0. The quantitative estimate of drug-likeness (QED) is 0.101. The molecule has 0 saturated carbocycles. The molecular weight excluding hydrogens is 657 g/mol. The van der Waals surface area contributed by atoms with Crippen LogP contribution in [-0.2, 0) is 34.0 Å². The first-order valence-electron chi connectivity index (χ1n) is 14.8. The van der Waals surface area contributed by atoms with Crippen molar-refractivity contribution in [1.29, 1.82) is 0 Å². The average Bonchev–Trinajstić information content (AvgIpc) is 3.55. The fraction of sp³-hybridized carbons (Fsp3) is 0.464. The third-order valence-electron chi connectivity index (χ3n) is 7.52. The van der Waals surface area contributed by atoms with Gasteiger partial charge in [0.15, 0.2) is 22.5 Å². The predicted molar refractivity (Wildman–Crippen MR) is 172 cm³/mol. The van der Waals surface area contributed by atoms with Crippen LogP contribution in [0.4, 0.5) is 5.82 Å². The zero-order valence-electron chi connectivity index (χ0n) is 25.6. The van der Waals surface area contributed by atoms with E-state index in [-0.39, 0.29) is 49.7 Å². The van der Waals surface area contributed by atoms with Crippen LogP contribution in [0.3, 0.4) is 0 Å². The monoisotopic (exact) mass is 693 g/mol. The van der Waals surface area contributed by atoms with E-state index in [1.54, 1.807) is 35.9 Å². The van der Waals surface area contributed by atoms with Crippen LogP contribution < -0.4 is 27.4 Å². The van der Waals surface area contributed by atoms with Crippen LogP contribution in [0, 0.1) is 0 Å². The fourth-order valence-corrected chi connectivity index (χ4v) is 6.62. The van der Waals surface area contributed by atoms with Gasteiger partial charge in [-0.05, 0) is 36.6 Å². The molecule has 17 nitrogen and oxygen atoms in total. The summed E-state index contributed by atoms with van der Waals surface area (Å²) in [6.07, 6.45) is -2.66. The highest BCUT2D eigenvalue weighted by molar-refractivity contribution is 7.99. The molecule has 0 aliphatic carbocycles. The maximum absolute atomic E-state index is 13.5. The molecule has 254 valence electrons. The van der Waals surface area contributed by atoms with E-state index < -0.39 is 49.7 Å². The van der Waals surface area contributed by atoms with Crippen LogP contribution in [0.2, 0.25) is 0 Å². The van der Waals surface area contributed by atoms with Crippen LogP contribution >= 0.6 is 20.0 Å². The number of aliphatic hydroxyl groups is 2. The Morgan fingerprint density at radius 2 is 1.87 bits per heavy atom. The van der Waals surface area contributed by atoms with Crippen LogP contribution in [0.25, 0.3) is 11.2 Å². The number of imidazole rings is 1. The first kappa shape index (κ1) is 34.6. The number of ether oxygens (including phenoxy) is 2. The van der Waals surface area contributed by atoms with Crippen LogP contribution in [0.5, 0.6) is 5.75 Å². The van der Waals surface area contributed by atoms with Crippen molar-refractivity contribution in [3.8, 4) is 5.75 Å². The van der Waals surface area contributed by atoms with Crippen molar-refractivity contribution in [2.24, 2.45) is 7.05 Å². The van der Waals surface area contributed by atoms with Crippen LogP contribution in [-0.4, -0.2) is 80.6 Å². The Morgan fingerprint density at radius 3 is 2.53 bits per heavy atom. The molecule has 0 radical (unpaired) electrons. The van der Waals surface area contributed by atoms with E-state index in [1.807, 2.05) is 6.92 Å². The highest BCUT2D eigenvalue weighted by Gasteiger charge is 2.47. The van der Waals surface area contributed by atoms with Crippen LogP contribution in [0.1, 0.15) is 31.6 Å². The zero-order valence-corrected chi connectivity index (χ0v) is 27.4. The van der Waals surface area contributed by atoms with Gasteiger partial charge in [-0.1, -0.05) is 30.8 Å². The molecule has 47 heavy (non-hydrogen) atoms. The van der Waals surface area contributed by atoms with Gasteiger partial charge in [-0.25, -0.2) is 14.6 Å². The van der Waals surface area contributed by atoms with Crippen molar-refractivity contribution >= 4 is 37.0 Å². The molecule has 4 aromatic rings. The minimum Gasteiger partial charge on any atom is -0.491 e. The standard InChI is InChI=1S/C28H36N7O10PS/c1-3-13-47-27-31-23-20(24(38)33(10-4-12-36)28(40)32(23)2)35(27)14-16-5-7-17(8-6-16)43-15-18-22(45-46(41)42)21(37)25(44-18)34-11-9-19(29)30-26(34)39/h5-9,11,18,21-22,25,36-37,46H,3-4,10,12-15H2,1-2H3,(H,41,42)(H2,29,30,39)/t18-,21-,22-,25-/m1/s1. The number of nitrogen functional groups attached to an aromatic ring is 1. The SMILES string of the molecule is CCCSc1nc2c(c(=O)n(CCCO)c(=O)n2C)n1Cc1ccc(OC[C@H]2O[C@@H](n3ccc(N)nc3=O)[C@H](O)[C@@H]2O[PH](=O)O)cc1. The van der Waals surface area contributed by atoms with Crippen molar-refractivity contribution < 1.29 is 33.7 Å². The second-order valence-electron chi connectivity index (χ2n) is 10.8. The predicted octanol–water partition coefficient (Wildman–Crippen LogP) is 0.0729. The fourth-order valence-electron chi connectivity index (χ4n) is 5.24. The Morgan fingerprint density at radius 1 is 1.13 bits per heavy atom. The number of anilines is 1. The molecule has 0 spiro atoms. The number of hydrogen-bond donors (Lipinski definition) is 4. The highest BCUT2D eigenvalue weighted by atomic mass is 32.2. The highest BCUT2D eigenvalue weighted by Crippen LogP contribution is 2.35. The van der Waals surface area contributed by atoms with Crippen molar-refractivity contribution in [3.63, 3.8) is 0 Å². The van der Waals surface area contributed by atoms with Gasteiger partial charge in [0.05, 0.1) is 6.54 Å². The van der Waals surface area contributed by atoms with Crippen molar-refractivity contribution in [3.05, 3.63) is 73.4 Å². The van der Waals surface area contributed by atoms with Gasteiger partial charge in [-0.3, -0.25) is 23.1 Å². The van der Waals surface area contributed by atoms with Gasteiger partial charge in [0.25, 0.3) is 5.56 Å². The summed E-state index contributed by atoms with van der Waals surface area (Å²) in [7, 11) is -1.93. The lowest BCUT2D eigenvalue weighted by molar-refractivity contribution is -0.0511. The lowest BCUT2D eigenvalue weighted by atomic mass is 10.1. The van der Waals surface area contributed by atoms with Gasteiger partial charge in [-0.2, -0.15) is 4.98 Å². The normalized spacial score (nSPS) is 20.2. The molecule has 5 N–H and O–H groups in total. The number of aliphatic hydroxyl groups excluding tert-OH is 2. The summed E-state index contributed by atoms with van der Waals surface area (Å²) in [5.74, 6) is 1.14. The smallest absolute Gasteiger partial charge is 0.351 e. The molecule has 1 aliphatic heterocycles. The molecule has 1 unspecified atom stereocenters. The number of aryl methyl sites for hydroxylation is 1. The summed E-state index contributed by atoms with van der Waals surface area (Å²) >= 11 is 1.48. The topological polar surface area (TPSA) is 228 Å². The summed E-state index contributed by atoms with van der Waals surface area (Å²) in [4.78, 5) is 56.4. The Hall–Kier alpha value is -3.77. The minimum absolute atomic E-state index is 0.0202. The third kappa shape index (κ3) is 7.38. The number of nitrogens with zero attached hydrogens (tertiary/aromatic N) is 6. The molecule has 19 heteroatoms.